The van der Waals surface area contributed by atoms with E-state index in [1.165, 1.54) is 0 Å². The summed E-state index contributed by atoms with van der Waals surface area (Å²) in [7, 11) is 4.25. The summed E-state index contributed by atoms with van der Waals surface area (Å²) in [6.45, 7) is 7.76. The van der Waals surface area contributed by atoms with Crippen LogP contribution in [0, 0.1) is 0 Å². The first-order chi connectivity index (χ1) is 18.9. The van der Waals surface area contributed by atoms with Crippen LogP contribution in [-0.2, 0) is 0 Å². The summed E-state index contributed by atoms with van der Waals surface area (Å²) >= 11 is 1.59. The molecular formula is C30H38N6O2S. The quantitative estimate of drug-likeness (QED) is 0.260. The van der Waals surface area contributed by atoms with Crippen LogP contribution in [0.4, 0.5) is 5.13 Å². The summed E-state index contributed by atoms with van der Waals surface area (Å²) in [4.78, 5) is 18.1. The molecule has 8 nitrogen and oxygen atoms in total. The second-order valence-corrected chi connectivity index (χ2v) is 11.6. The summed E-state index contributed by atoms with van der Waals surface area (Å²) in [5.74, 6) is 2.35. The Morgan fingerprint density at radius 3 is 2.77 bits per heavy atom. The van der Waals surface area contributed by atoms with Crippen molar-refractivity contribution in [1.29, 1.82) is 0 Å². The topological polar surface area (TPSA) is 86.1 Å². The fourth-order valence-corrected chi connectivity index (χ4v) is 6.17. The highest BCUT2D eigenvalue weighted by Crippen LogP contribution is 2.33. The molecule has 206 valence electrons. The predicted octanol–water partition coefficient (Wildman–Crippen LogP) is 5.78. The van der Waals surface area contributed by atoms with Gasteiger partial charge in [0, 0.05) is 37.5 Å². The number of likely N-dealkylation sites (tertiary alicyclic amines) is 1. The average Bonchev–Trinajstić information content (AvgIpc) is 3.58. The number of hydrogen-bond acceptors (Lipinski definition) is 9. The molecule has 3 atom stereocenters. The molecule has 0 spiro atoms. The van der Waals surface area contributed by atoms with Gasteiger partial charge < -0.3 is 25.0 Å². The van der Waals surface area contributed by atoms with Crippen molar-refractivity contribution in [3.63, 3.8) is 0 Å². The smallest absolute Gasteiger partial charge is 0.184 e. The molecule has 0 radical (unpaired) electrons. The molecule has 0 bridgehead atoms. The zero-order valence-electron chi connectivity index (χ0n) is 23.0. The van der Waals surface area contributed by atoms with Gasteiger partial charge in [0.05, 0.1) is 28.1 Å². The minimum absolute atomic E-state index is 0.0695. The first-order valence-corrected chi connectivity index (χ1v) is 14.5. The molecule has 9 heteroatoms. The Bertz CT molecular complexity index is 1370. The number of benzene rings is 1. The number of hydrogen-bond donors (Lipinski definition) is 2. The predicted molar refractivity (Wildman–Crippen MR) is 161 cm³/mol. The van der Waals surface area contributed by atoms with Crippen molar-refractivity contribution < 1.29 is 9.84 Å². The molecule has 3 heterocycles. The van der Waals surface area contributed by atoms with Crippen LogP contribution in [0.2, 0.25) is 0 Å². The Kier molecular flexibility index (Phi) is 8.60. The van der Waals surface area contributed by atoms with Gasteiger partial charge >= 0.3 is 0 Å². The van der Waals surface area contributed by atoms with Crippen LogP contribution in [0.3, 0.4) is 0 Å². The van der Waals surface area contributed by atoms with E-state index in [0.29, 0.717) is 6.04 Å². The number of fused-ring (bicyclic) bond motifs is 1. The Morgan fingerprint density at radius 1 is 1.18 bits per heavy atom. The van der Waals surface area contributed by atoms with E-state index in [-0.39, 0.29) is 12.1 Å². The number of aromatic nitrogens is 2. The average molecular weight is 547 g/mol. The van der Waals surface area contributed by atoms with Gasteiger partial charge in [-0.3, -0.25) is 4.98 Å². The van der Waals surface area contributed by atoms with Crippen LogP contribution in [-0.4, -0.2) is 77.0 Å². The largest absolute Gasteiger partial charge is 0.457 e. The van der Waals surface area contributed by atoms with E-state index in [9.17, 15) is 5.11 Å². The number of nitrogens with one attached hydrogen (secondary N) is 1. The van der Waals surface area contributed by atoms with Crippen molar-refractivity contribution >= 4 is 39.0 Å². The molecule has 2 fully saturated rings. The molecule has 1 aromatic carbocycles. The van der Waals surface area contributed by atoms with Crippen molar-refractivity contribution in [2.75, 3.05) is 32.5 Å². The van der Waals surface area contributed by atoms with Crippen molar-refractivity contribution in [3.8, 4) is 11.5 Å². The number of aliphatic hydroxyl groups is 1. The first-order valence-electron chi connectivity index (χ1n) is 13.7. The number of thiazole rings is 1. The van der Waals surface area contributed by atoms with Gasteiger partial charge in [-0.1, -0.05) is 30.3 Å². The van der Waals surface area contributed by atoms with E-state index in [0.717, 1.165) is 89.1 Å². The Labute approximate surface area is 234 Å². The first kappa shape index (κ1) is 27.3. The molecule has 5 rings (SSSR count). The number of anilines is 1. The van der Waals surface area contributed by atoms with Crippen LogP contribution in [0.5, 0.6) is 11.5 Å². The number of aliphatic imine (C=N–C) groups is 1. The maximum absolute atomic E-state index is 10.3. The second kappa shape index (κ2) is 12.3. The fraction of sp³-hybridized carbons (Fsp3) is 0.433. The molecular weight excluding hydrogens is 508 g/mol. The van der Waals surface area contributed by atoms with Crippen molar-refractivity contribution in [3.05, 3.63) is 60.2 Å². The number of rotatable bonds is 9. The van der Waals surface area contributed by atoms with Crippen LogP contribution in [0.25, 0.3) is 15.8 Å². The summed E-state index contributed by atoms with van der Waals surface area (Å²) in [5.41, 5.74) is 2.78. The number of nitrogens with zero attached hydrogens (tertiary/aromatic N) is 5. The third-order valence-corrected chi connectivity index (χ3v) is 8.58. The number of aliphatic hydroxyl groups excluding tert-OH is 1. The molecule has 2 aliphatic rings. The number of pyridine rings is 1. The molecule has 2 aromatic heterocycles. The lowest BCUT2D eigenvalue weighted by Gasteiger charge is -2.27. The van der Waals surface area contributed by atoms with E-state index in [1.807, 2.05) is 49.4 Å². The lowest BCUT2D eigenvalue weighted by Crippen LogP contribution is -2.36. The zero-order valence-corrected chi connectivity index (χ0v) is 23.8. The van der Waals surface area contributed by atoms with Crippen LogP contribution < -0.4 is 10.1 Å². The Hall–Kier alpha value is -3.27. The molecule has 3 aromatic rings. The Morgan fingerprint density at radius 2 is 2.00 bits per heavy atom. The third kappa shape index (κ3) is 6.66. The maximum Gasteiger partial charge on any atom is 0.184 e. The summed E-state index contributed by atoms with van der Waals surface area (Å²) in [5, 5.41) is 14.6. The van der Waals surface area contributed by atoms with E-state index < -0.39 is 0 Å². The molecule has 1 saturated heterocycles. The normalized spacial score (nSPS) is 22.5. The summed E-state index contributed by atoms with van der Waals surface area (Å²) < 4.78 is 7.25. The fourth-order valence-electron chi connectivity index (χ4n) is 5.21. The minimum atomic E-state index is -0.311. The van der Waals surface area contributed by atoms with Crippen LogP contribution >= 0.6 is 11.3 Å². The molecule has 2 N–H and O–H groups in total. The van der Waals surface area contributed by atoms with Gasteiger partial charge in [-0.05, 0) is 76.8 Å². The van der Waals surface area contributed by atoms with E-state index in [2.05, 4.69) is 45.9 Å². The lowest BCUT2D eigenvalue weighted by molar-refractivity contribution is 0.116. The minimum Gasteiger partial charge on any atom is -0.457 e. The number of allylic oxidation sites excluding steroid dienone is 3. The molecule has 1 aliphatic carbocycles. The highest BCUT2D eigenvalue weighted by Gasteiger charge is 2.25. The van der Waals surface area contributed by atoms with Gasteiger partial charge in [-0.25, -0.2) is 9.98 Å². The SMILES string of the molecule is C=N/C(=C\C=C(/C)c1cc(Oc2ccc3nc(N[C@@H]4CCCC[C@H]4O)sc3c2)ccn1)N1CC[C@H](N(C)C)C1. The van der Waals surface area contributed by atoms with Gasteiger partial charge in [-0.2, -0.15) is 0 Å². The second-order valence-electron chi connectivity index (χ2n) is 10.6. The lowest BCUT2D eigenvalue weighted by atomic mass is 9.93. The molecule has 1 saturated carbocycles. The Balaban J connectivity index is 1.26. The highest BCUT2D eigenvalue weighted by atomic mass is 32.1. The van der Waals surface area contributed by atoms with Crippen LogP contribution in [0.1, 0.15) is 44.7 Å². The molecule has 0 unspecified atom stereocenters. The molecule has 0 amide bonds. The van der Waals surface area contributed by atoms with E-state index in [4.69, 9.17) is 9.72 Å². The monoisotopic (exact) mass is 546 g/mol. The van der Waals surface area contributed by atoms with E-state index >= 15 is 0 Å². The van der Waals surface area contributed by atoms with Gasteiger partial charge in [0.15, 0.2) is 5.13 Å². The zero-order chi connectivity index (χ0) is 27.4. The van der Waals surface area contributed by atoms with Crippen molar-refractivity contribution in [2.45, 2.75) is 57.2 Å². The van der Waals surface area contributed by atoms with Crippen LogP contribution in [0.15, 0.2) is 59.5 Å². The molecule has 1 aliphatic heterocycles. The molecule has 39 heavy (non-hydrogen) atoms. The summed E-state index contributed by atoms with van der Waals surface area (Å²) in [6, 6.07) is 10.3. The van der Waals surface area contributed by atoms with Gasteiger partial charge in [-0.15, -0.1) is 0 Å². The van der Waals surface area contributed by atoms with Crippen molar-refractivity contribution in [1.82, 2.24) is 19.8 Å². The highest BCUT2D eigenvalue weighted by molar-refractivity contribution is 7.22. The van der Waals surface area contributed by atoms with Gasteiger partial charge in [0.2, 0.25) is 0 Å². The third-order valence-electron chi connectivity index (χ3n) is 7.63. The number of ether oxygens (including phenoxy) is 1. The van der Waals surface area contributed by atoms with Crippen molar-refractivity contribution in [2.24, 2.45) is 4.99 Å². The van der Waals surface area contributed by atoms with Gasteiger partial charge in [0.1, 0.15) is 17.3 Å². The standard InChI is InChI=1S/C30H38N6O2S/c1-20(9-12-29(31-2)36-16-14-21(19-36)35(3)4)26-17-23(13-15-32-26)38-22-10-11-25-28(18-22)39-30(34-25)33-24-7-5-6-8-27(24)37/h9-13,15,17-18,21,24,27,37H,2,5-8,14,16,19H2,1,3-4H3,(H,33,34)/b20-9+,29-12+/t21-,24+,27+/m0/s1. The maximum atomic E-state index is 10.3. The number of likely N-dealkylation sites (N-methyl/N-ethyl adjacent to an activating group) is 1. The summed E-state index contributed by atoms with van der Waals surface area (Å²) in [6.07, 6.45) is 10.7. The van der Waals surface area contributed by atoms with Gasteiger partial charge in [0.25, 0.3) is 0 Å². The van der Waals surface area contributed by atoms with E-state index in [1.54, 1.807) is 17.5 Å².